The van der Waals surface area contributed by atoms with Crippen molar-refractivity contribution in [3.05, 3.63) is 72.3 Å². The number of rotatable bonds is 9. The van der Waals surface area contributed by atoms with Gasteiger partial charge in [-0.2, -0.15) is 0 Å². The molecule has 0 radical (unpaired) electrons. The Morgan fingerprint density at radius 3 is 2.00 bits per heavy atom. The lowest BCUT2D eigenvalue weighted by Crippen LogP contribution is -2.09. The van der Waals surface area contributed by atoms with Crippen molar-refractivity contribution < 1.29 is 23.7 Å². The summed E-state index contributed by atoms with van der Waals surface area (Å²) < 4.78 is 21.5. The van der Waals surface area contributed by atoms with Gasteiger partial charge in [-0.3, -0.25) is 4.79 Å². The number of carbonyl (C=O) groups is 1. The molecule has 1 amide bonds. The molecule has 3 aromatic carbocycles. The molecule has 7 heteroatoms. The van der Waals surface area contributed by atoms with Gasteiger partial charge in [0.2, 0.25) is 11.7 Å². The smallest absolute Gasteiger partial charge is 0.248 e. The number of methoxy groups -OCH3 is 4. The number of nitrogens with one attached hydrogen (secondary N) is 2. The molecule has 3 aromatic rings. The molecular formula is C25H26N2O5. The molecule has 0 saturated carbocycles. The Bertz CT molecular complexity index is 1070. The fraction of sp³-hybridized carbons (Fsp3) is 0.160. The predicted molar refractivity (Wildman–Crippen MR) is 126 cm³/mol. The second kappa shape index (κ2) is 10.8. The number of anilines is 3. The van der Waals surface area contributed by atoms with E-state index < -0.39 is 0 Å². The molecule has 0 aliphatic heterocycles. The largest absolute Gasteiger partial charge is 0.494 e. The number of hydrogen-bond donors (Lipinski definition) is 2. The van der Waals surface area contributed by atoms with Gasteiger partial charge in [0.15, 0.2) is 11.5 Å². The van der Waals surface area contributed by atoms with E-state index in [9.17, 15) is 4.79 Å². The van der Waals surface area contributed by atoms with Crippen LogP contribution in [0.4, 0.5) is 17.1 Å². The Balaban J connectivity index is 1.73. The fourth-order valence-corrected chi connectivity index (χ4v) is 3.10. The summed E-state index contributed by atoms with van der Waals surface area (Å²) in [6, 6.07) is 18.8. The zero-order chi connectivity index (χ0) is 22.9. The van der Waals surface area contributed by atoms with E-state index in [2.05, 4.69) is 10.6 Å². The minimum atomic E-state index is -0.305. The average Bonchev–Trinajstić information content (AvgIpc) is 2.83. The Morgan fingerprint density at radius 2 is 1.41 bits per heavy atom. The van der Waals surface area contributed by atoms with Crippen LogP contribution in [0.5, 0.6) is 23.0 Å². The van der Waals surface area contributed by atoms with Gasteiger partial charge < -0.3 is 29.6 Å². The summed E-state index contributed by atoms with van der Waals surface area (Å²) in [5.41, 5.74) is 3.09. The molecule has 0 aliphatic rings. The standard InChI is InChI=1S/C25H26N2O5/c1-29-21-16-19(26-18-8-6-5-7-9-18)11-12-20(21)27-24(28)13-10-17-14-22(30-2)25(32-4)23(15-17)31-3/h5-16,26H,1-4H3,(H,27,28)/b13-10+. The van der Waals surface area contributed by atoms with E-state index in [1.54, 1.807) is 45.6 Å². The van der Waals surface area contributed by atoms with Crippen molar-refractivity contribution in [3.63, 3.8) is 0 Å². The van der Waals surface area contributed by atoms with Gasteiger partial charge in [-0.25, -0.2) is 0 Å². The first-order valence-corrected chi connectivity index (χ1v) is 9.87. The highest BCUT2D eigenvalue weighted by atomic mass is 16.5. The lowest BCUT2D eigenvalue weighted by atomic mass is 10.1. The van der Waals surface area contributed by atoms with Crippen LogP contribution in [0.1, 0.15) is 5.56 Å². The summed E-state index contributed by atoms with van der Waals surface area (Å²) in [5, 5.41) is 6.13. The average molecular weight is 434 g/mol. The van der Waals surface area contributed by atoms with Gasteiger partial charge in [0, 0.05) is 23.5 Å². The summed E-state index contributed by atoms with van der Waals surface area (Å²) in [6.45, 7) is 0. The SMILES string of the molecule is COc1cc(Nc2ccccc2)ccc1NC(=O)/C=C/c1cc(OC)c(OC)c(OC)c1. The first kappa shape index (κ1) is 22.6. The minimum Gasteiger partial charge on any atom is -0.494 e. The fourth-order valence-electron chi connectivity index (χ4n) is 3.10. The molecule has 0 atom stereocenters. The third-order valence-corrected chi connectivity index (χ3v) is 4.64. The van der Waals surface area contributed by atoms with Crippen LogP contribution in [0.3, 0.4) is 0 Å². The van der Waals surface area contributed by atoms with Crippen molar-refractivity contribution in [2.24, 2.45) is 0 Å². The van der Waals surface area contributed by atoms with Gasteiger partial charge in [-0.15, -0.1) is 0 Å². The van der Waals surface area contributed by atoms with E-state index in [1.807, 2.05) is 42.5 Å². The molecule has 0 unspecified atom stereocenters. The van der Waals surface area contributed by atoms with Crippen LogP contribution in [-0.4, -0.2) is 34.3 Å². The summed E-state index contributed by atoms with van der Waals surface area (Å²) in [4.78, 5) is 12.5. The Hall–Kier alpha value is -4.13. The second-order valence-corrected chi connectivity index (χ2v) is 6.69. The molecule has 7 nitrogen and oxygen atoms in total. The summed E-state index contributed by atoms with van der Waals surface area (Å²) in [7, 11) is 6.18. The van der Waals surface area contributed by atoms with Crippen LogP contribution in [-0.2, 0) is 4.79 Å². The third-order valence-electron chi connectivity index (χ3n) is 4.64. The lowest BCUT2D eigenvalue weighted by molar-refractivity contribution is -0.111. The monoisotopic (exact) mass is 434 g/mol. The molecule has 0 spiro atoms. The number of ether oxygens (including phenoxy) is 4. The van der Waals surface area contributed by atoms with E-state index in [0.29, 0.717) is 28.7 Å². The van der Waals surface area contributed by atoms with Gasteiger partial charge >= 0.3 is 0 Å². The van der Waals surface area contributed by atoms with E-state index in [4.69, 9.17) is 18.9 Å². The Labute approximate surface area is 187 Å². The molecule has 3 rings (SSSR count). The van der Waals surface area contributed by atoms with E-state index in [0.717, 1.165) is 16.9 Å². The maximum absolute atomic E-state index is 12.5. The number of carbonyl (C=O) groups excluding carboxylic acids is 1. The van der Waals surface area contributed by atoms with Crippen LogP contribution >= 0.6 is 0 Å². The zero-order valence-corrected chi connectivity index (χ0v) is 18.5. The molecule has 0 fully saturated rings. The number of benzene rings is 3. The number of para-hydroxylation sites is 1. The number of hydrogen-bond acceptors (Lipinski definition) is 6. The first-order valence-electron chi connectivity index (χ1n) is 9.87. The maximum atomic E-state index is 12.5. The normalized spacial score (nSPS) is 10.5. The highest BCUT2D eigenvalue weighted by Crippen LogP contribution is 2.38. The van der Waals surface area contributed by atoms with Crippen LogP contribution in [0, 0.1) is 0 Å². The van der Waals surface area contributed by atoms with Crippen molar-refractivity contribution in [2.45, 2.75) is 0 Å². The lowest BCUT2D eigenvalue weighted by Gasteiger charge is -2.13. The van der Waals surface area contributed by atoms with Crippen molar-refractivity contribution in [1.29, 1.82) is 0 Å². The highest BCUT2D eigenvalue weighted by molar-refractivity contribution is 6.03. The quantitative estimate of drug-likeness (QED) is 0.456. The van der Waals surface area contributed by atoms with Gasteiger partial charge in [0.25, 0.3) is 0 Å². The van der Waals surface area contributed by atoms with E-state index >= 15 is 0 Å². The van der Waals surface area contributed by atoms with Crippen LogP contribution < -0.4 is 29.6 Å². The molecule has 32 heavy (non-hydrogen) atoms. The van der Waals surface area contributed by atoms with Gasteiger partial charge in [-0.05, 0) is 48.0 Å². The maximum Gasteiger partial charge on any atom is 0.248 e. The molecule has 166 valence electrons. The first-order chi connectivity index (χ1) is 15.6. The van der Waals surface area contributed by atoms with Crippen molar-refractivity contribution in [2.75, 3.05) is 39.1 Å². The molecule has 0 heterocycles. The molecular weight excluding hydrogens is 408 g/mol. The van der Waals surface area contributed by atoms with Gasteiger partial charge in [0.1, 0.15) is 5.75 Å². The zero-order valence-electron chi connectivity index (χ0n) is 18.5. The van der Waals surface area contributed by atoms with Crippen molar-refractivity contribution in [3.8, 4) is 23.0 Å². The second-order valence-electron chi connectivity index (χ2n) is 6.69. The van der Waals surface area contributed by atoms with Gasteiger partial charge in [0.05, 0.1) is 34.1 Å². The van der Waals surface area contributed by atoms with E-state index in [-0.39, 0.29) is 5.91 Å². The Kier molecular flexibility index (Phi) is 7.59. The Morgan fingerprint density at radius 1 is 0.750 bits per heavy atom. The summed E-state index contributed by atoms with van der Waals surface area (Å²) >= 11 is 0. The van der Waals surface area contributed by atoms with Crippen molar-refractivity contribution >= 4 is 29.0 Å². The van der Waals surface area contributed by atoms with Crippen LogP contribution in [0.2, 0.25) is 0 Å². The molecule has 0 aliphatic carbocycles. The minimum absolute atomic E-state index is 0.305. The third kappa shape index (κ3) is 5.51. The summed E-state index contributed by atoms with van der Waals surface area (Å²) in [5.74, 6) is 1.75. The molecule has 2 N–H and O–H groups in total. The molecule has 0 aromatic heterocycles. The molecule has 0 saturated heterocycles. The topological polar surface area (TPSA) is 78.1 Å². The highest BCUT2D eigenvalue weighted by Gasteiger charge is 2.12. The summed E-state index contributed by atoms with van der Waals surface area (Å²) in [6.07, 6.45) is 3.09. The van der Waals surface area contributed by atoms with E-state index in [1.165, 1.54) is 13.2 Å². The van der Waals surface area contributed by atoms with Gasteiger partial charge in [-0.1, -0.05) is 18.2 Å². The van der Waals surface area contributed by atoms with Crippen LogP contribution in [0.25, 0.3) is 6.08 Å². The molecule has 0 bridgehead atoms. The van der Waals surface area contributed by atoms with Crippen molar-refractivity contribution in [1.82, 2.24) is 0 Å². The van der Waals surface area contributed by atoms with Crippen LogP contribution in [0.15, 0.2) is 66.7 Å². The predicted octanol–water partition coefficient (Wildman–Crippen LogP) is 5.12. The number of amides is 1.